The fourth-order valence-corrected chi connectivity index (χ4v) is 1.95. The number of allylic oxidation sites excluding steroid dienone is 3. The van der Waals surface area contributed by atoms with Gasteiger partial charge in [-0.3, -0.25) is 5.32 Å². The molecule has 0 unspecified atom stereocenters. The molecule has 0 radical (unpaired) electrons. The molecule has 2 amide bonds. The molecule has 1 rings (SSSR count). The summed E-state index contributed by atoms with van der Waals surface area (Å²) >= 11 is 0. The Morgan fingerprint density at radius 3 is 2.65 bits per heavy atom. The first-order valence-electron chi connectivity index (χ1n) is 7.99. The van der Waals surface area contributed by atoms with Crippen LogP contribution in [0.15, 0.2) is 46.9 Å². The standard InChI is InChI=1S/C18H23F2N3O3/c1-5-23(11-12(2)24)18(25)22-17(21-4)9-6-13(3)26-14-7-8-15(19)16(20)10-14/h6-10,12,24H,4-5,11H2,1-3H3,(H,22,25)/b13-6+,17-9+/t12-/m0/s1. The zero-order valence-electron chi connectivity index (χ0n) is 15.0. The van der Waals surface area contributed by atoms with E-state index in [-0.39, 0.29) is 18.1 Å². The Bertz CT molecular complexity index is 703. The Kier molecular flexibility index (Phi) is 8.44. The lowest BCUT2D eigenvalue weighted by Gasteiger charge is -2.22. The van der Waals surface area contributed by atoms with Gasteiger partial charge in [-0.05, 0) is 51.8 Å². The second kappa shape index (κ2) is 10.3. The van der Waals surface area contributed by atoms with Gasteiger partial charge in [-0.25, -0.2) is 18.6 Å². The lowest BCUT2D eigenvalue weighted by Crippen LogP contribution is -2.42. The molecule has 26 heavy (non-hydrogen) atoms. The molecule has 0 fully saturated rings. The fourth-order valence-electron chi connectivity index (χ4n) is 1.95. The number of aliphatic hydroxyl groups excluding tert-OH is 1. The number of nitrogens with zero attached hydrogens (tertiary/aromatic N) is 2. The van der Waals surface area contributed by atoms with E-state index in [0.717, 1.165) is 12.1 Å². The van der Waals surface area contributed by atoms with E-state index in [0.29, 0.717) is 12.3 Å². The molecule has 6 nitrogen and oxygen atoms in total. The highest BCUT2D eigenvalue weighted by molar-refractivity contribution is 5.76. The Labute approximate surface area is 151 Å². The first-order valence-corrected chi connectivity index (χ1v) is 7.99. The predicted molar refractivity (Wildman–Crippen MR) is 95.8 cm³/mol. The van der Waals surface area contributed by atoms with Gasteiger partial charge in [0.1, 0.15) is 17.3 Å². The molecule has 2 N–H and O–H groups in total. The summed E-state index contributed by atoms with van der Waals surface area (Å²) in [5.41, 5.74) is 0. The number of carbonyl (C=O) groups is 1. The second-order valence-electron chi connectivity index (χ2n) is 5.48. The van der Waals surface area contributed by atoms with Crippen LogP contribution in [0.2, 0.25) is 0 Å². The highest BCUT2D eigenvalue weighted by Gasteiger charge is 2.14. The average Bonchev–Trinajstić information content (AvgIpc) is 2.59. The number of urea groups is 1. The number of halogens is 2. The predicted octanol–water partition coefficient (Wildman–Crippen LogP) is 3.20. The van der Waals surface area contributed by atoms with Crippen LogP contribution in [0.5, 0.6) is 5.75 Å². The van der Waals surface area contributed by atoms with Crippen molar-refractivity contribution < 1.29 is 23.4 Å². The maximum Gasteiger partial charge on any atom is 0.323 e. The second-order valence-corrected chi connectivity index (χ2v) is 5.48. The SMILES string of the molecule is C=N/C(=C\C=C(/C)Oc1ccc(F)c(F)c1)NC(=O)N(CC)C[C@H](C)O. The number of nitrogens with one attached hydrogen (secondary N) is 1. The summed E-state index contributed by atoms with van der Waals surface area (Å²) in [5, 5.41) is 12.0. The Morgan fingerprint density at radius 1 is 1.42 bits per heavy atom. The molecule has 0 saturated carbocycles. The van der Waals surface area contributed by atoms with Crippen molar-refractivity contribution in [3.05, 3.63) is 53.6 Å². The van der Waals surface area contributed by atoms with Crippen molar-refractivity contribution in [3.8, 4) is 5.75 Å². The minimum atomic E-state index is -1.01. The van der Waals surface area contributed by atoms with Crippen LogP contribution in [-0.4, -0.2) is 41.9 Å². The summed E-state index contributed by atoms with van der Waals surface area (Å²) in [6, 6.07) is 2.76. The average molecular weight is 367 g/mol. The van der Waals surface area contributed by atoms with Crippen LogP contribution in [0.3, 0.4) is 0 Å². The van der Waals surface area contributed by atoms with Crippen molar-refractivity contribution in [2.45, 2.75) is 26.9 Å². The van der Waals surface area contributed by atoms with Crippen LogP contribution < -0.4 is 10.1 Å². The summed E-state index contributed by atoms with van der Waals surface area (Å²) < 4.78 is 31.4. The molecule has 0 bridgehead atoms. The molecule has 1 atom stereocenters. The lowest BCUT2D eigenvalue weighted by atomic mass is 10.3. The van der Waals surface area contributed by atoms with Gasteiger partial charge in [0.25, 0.3) is 0 Å². The summed E-state index contributed by atoms with van der Waals surface area (Å²) in [7, 11) is 0. The fraction of sp³-hybridized carbons (Fsp3) is 0.333. The number of ether oxygens (including phenoxy) is 1. The van der Waals surface area contributed by atoms with Gasteiger partial charge in [0.05, 0.1) is 6.10 Å². The molecule has 0 aromatic heterocycles. The number of carbonyl (C=O) groups excluding carboxylic acids is 1. The number of rotatable bonds is 8. The Balaban J connectivity index is 2.77. The third-order valence-electron chi connectivity index (χ3n) is 3.20. The third-order valence-corrected chi connectivity index (χ3v) is 3.20. The van der Waals surface area contributed by atoms with Gasteiger partial charge in [-0.2, -0.15) is 0 Å². The van der Waals surface area contributed by atoms with Gasteiger partial charge < -0.3 is 14.7 Å². The number of likely N-dealkylation sites (N-methyl/N-ethyl adjacent to an activating group) is 1. The smallest absolute Gasteiger partial charge is 0.323 e. The third kappa shape index (κ3) is 7.02. The molecule has 8 heteroatoms. The van der Waals surface area contributed by atoms with Gasteiger partial charge in [-0.15, -0.1) is 0 Å². The lowest BCUT2D eigenvalue weighted by molar-refractivity contribution is 0.136. The molecule has 0 spiro atoms. The number of aliphatic hydroxyl groups is 1. The maximum absolute atomic E-state index is 13.2. The highest BCUT2D eigenvalue weighted by atomic mass is 19.2. The number of hydrogen-bond acceptors (Lipinski definition) is 4. The minimum absolute atomic E-state index is 0.136. The van der Waals surface area contributed by atoms with Gasteiger partial charge in [0.15, 0.2) is 11.6 Å². The van der Waals surface area contributed by atoms with Crippen LogP contribution in [0.4, 0.5) is 13.6 Å². The van der Waals surface area contributed by atoms with E-state index in [4.69, 9.17) is 4.74 Å². The quantitative estimate of drug-likeness (QED) is 0.421. The van der Waals surface area contributed by atoms with Crippen molar-refractivity contribution in [1.29, 1.82) is 0 Å². The molecular weight excluding hydrogens is 344 g/mol. The topological polar surface area (TPSA) is 74.2 Å². The summed E-state index contributed by atoms with van der Waals surface area (Å²) in [6.07, 6.45) is 2.30. The normalized spacial score (nSPS) is 13.2. The van der Waals surface area contributed by atoms with E-state index in [1.165, 1.54) is 23.1 Å². The zero-order valence-corrected chi connectivity index (χ0v) is 15.0. The van der Waals surface area contributed by atoms with Crippen LogP contribution in [0.25, 0.3) is 0 Å². The molecule has 1 aromatic rings. The van der Waals surface area contributed by atoms with Gasteiger partial charge in [-0.1, -0.05) is 0 Å². The number of amides is 2. The minimum Gasteiger partial charge on any atom is -0.462 e. The van der Waals surface area contributed by atoms with Gasteiger partial charge >= 0.3 is 6.03 Å². The van der Waals surface area contributed by atoms with Crippen molar-refractivity contribution in [1.82, 2.24) is 10.2 Å². The summed E-state index contributed by atoms with van der Waals surface area (Å²) in [6.45, 7) is 8.95. The molecule has 0 aliphatic heterocycles. The molecule has 1 aromatic carbocycles. The molecule has 0 aliphatic rings. The van der Waals surface area contributed by atoms with Gasteiger partial charge in [0, 0.05) is 19.2 Å². The van der Waals surface area contributed by atoms with Gasteiger partial charge in [0.2, 0.25) is 0 Å². The maximum atomic E-state index is 13.2. The van der Waals surface area contributed by atoms with Crippen molar-refractivity contribution in [2.75, 3.05) is 13.1 Å². The number of aliphatic imine (C=N–C) groups is 1. The van der Waals surface area contributed by atoms with E-state index < -0.39 is 23.8 Å². The molecule has 142 valence electrons. The van der Waals surface area contributed by atoms with Crippen molar-refractivity contribution >= 4 is 12.7 Å². The van der Waals surface area contributed by atoms with Crippen LogP contribution in [-0.2, 0) is 0 Å². The van der Waals surface area contributed by atoms with E-state index in [9.17, 15) is 18.7 Å². The largest absolute Gasteiger partial charge is 0.462 e. The number of benzene rings is 1. The van der Waals surface area contributed by atoms with Crippen LogP contribution in [0, 0.1) is 11.6 Å². The highest BCUT2D eigenvalue weighted by Crippen LogP contribution is 2.17. The first-order chi connectivity index (χ1) is 12.3. The van der Waals surface area contributed by atoms with Crippen LogP contribution in [0.1, 0.15) is 20.8 Å². The van der Waals surface area contributed by atoms with E-state index in [1.54, 1.807) is 20.8 Å². The molecule has 0 saturated heterocycles. The van der Waals surface area contributed by atoms with E-state index >= 15 is 0 Å². The van der Waals surface area contributed by atoms with Crippen molar-refractivity contribution in [3.63, 3.8) is 0 Å². The van der Waals surface area contributed by atoms with E-state index in [2.05, 4.69) is 17.0 Å². The monoisotopic (exact) mass is 367 g/mol. The summed E-state index contributed by atoms with van der Waals surface area (Å²) in [5.74, 6) is -1.30. The van der Waals surface area contributed by atoms with Crippen molar-refractivity contribution in [2.24, 2.45) is 4.99 Å². The zero-order chi connectivity index (χ0) is 19.7. The molecule has 0 heterocycles. The number of hydrogen-bond donors (Lipinski definition) is 2. The van der Waals surface area contributed by atoms with Crippen LogP contribution >= 0.6 is 0 Å². The van der Waals surface area contributed by atoms with E-state index in [1.807, 2.05) is 0 Å². The Hall–Kier alpha value is -2.74. The summed E-state index contributed by atoms with van der Waals surface area (Å²) in [4.78, 5) is 17.3. The molecular formula is C18H23F2N3O3. The Morgan fingerprint density at radius 2 is 2.12 bits per heavy atom. The first kappa shape index (κ1) is 21.3. The molecule has 0 aliphatic carbocycles.